The lowest BCUT2D eigenvalue weighted by atomic mass is 10.1. The van der Waals surface area contributed by atoms with Crippen LogP contribution in [-0.4, -0.2) is 21.7 Å². The summed E-state index contributed by atoms with van der Waals surface area (Å²) in [6.07, 6.45) is 12.1. The molecule has 2 aromatic rings. The lowest BCUT2D eigenvalue weighted by Crippen LogP contribution is -2.21. The van der Waals surface area contributed by atoms with Gasteiger partial charge in [-0.3, -0.25) is 4.98 Å². The quantitative estimate of drug-likeness (QED) is 0.929. The van der Waals surface area contributed by atoms with Crippen molar-refractivity contribution in [2.45, 2.75) is 31.7 Å². The summed E-state index contributed by atoms with van der Waals surface area (Å²) < 4.78 is 5.27. The summed E-state index contributed by atoms with van der Waals surface area (Å²) in [4.78, 5) is 8.50. The minimum atomic E-state index is 0.224. The van der Waals surface area contributed by atoms with E-state index in [1.807, 2.05) is 24.3 Å². The number of nitrogens with zero attached hydrogens (tertiary/aromatic N) is 3. The van der Waals surface area contributed by atoms with Crippen molar-refractivity contribution in [3.8, 4) is 0 Å². The molecular weight excluding hydrogens is 252 g/mol. The molecular formula is C15H18N4O. The Hall–Kier alpha value is -2.01. The van der Waals surface area contributed by atoms with E-state index in [1.165, 1.54) is 19.3 Å². The van der Waals surface area contributed by atoms with Gasteiger partial charge in [-0.2, -0.15) is 4.98 Å². The monoisotopic (exact) mass is 270 g/mol. The van der Waals surface area contributed by atoms with Crippen LogP contribution < -0.4 is 5.32 Å². The van der Waals surface area contributed by atoms with E-state index >= 15 is 0 Å². The van der Waals surface area contributed by atoms with Crippen LogP contribution in [0.1, 0.15) is 49.0 Å². The largest absolute Gasteiger partial charge is 0.335 e. The standard InChI is InChI=1S/C15H18N4O/c1-2-6-13(17-10-3-1)15-18-14(20-19-15)8-7-12-5-4-9-16-11-12/h4-5,7-9,11,13,17H,1-3,6,10H2/b8-7+. The van der Waals surface area contributed by atoms with Gasteiger partial charge in [0, 0.05) is 18.5 Å². The number of aromatic nitrogens is 3. The molecule has 1 atom stereocenters. The molecule has 0 saturated carbocycles. The van der Waals surface area contributed by atoms with Crippen LogP contribution >= 0.6 is 0 Å². The molecule has 0 amide bonds. The topological polar surface area (TPSA) is 63.8 Å². The first kappa shape index (κ1) is 13.0. The van der Waals surface area contributed by atoms with Crippen molar-refractivity contribution in [2.75, 3.05) is 6.54 Å². The number of pyridine rings is 1. The maximum Gasteiger partial charge on any atom is 0.250 e. The smallest absolute Gasteiger partial charge is 0.250 e. The third-order valence-electron chi connectivity index (χ3n) is 3.43. The minimum Gasteiger partial charge on any atom is -0.335 e. The Bertz CT molecular complexity index is 556. The van der Waals surface area contributed by atoms with E-state index in [0.29, 0.717) is 5.89 Å². The van der Waals surface area contributed by atoms with Crippen molar-refractivity contribution in [2.24, 2.45) is 0 Å². The van der Waals surface area contributed by atoms with Gasteiger partial charge in [0.05, 0.1) is 6.04 Å². The van der Waals surface area contributed by atoms with Crippen molar-refractivity contribution in [1.29, 1.82) is 0 Å². The molecule has 0 spiro atoms. The normalized spacial score (nSPS) is 20.1. The van der Waals surface area contributed by atoms with E-state index in [0.717, 1.165) is 24.4 Å². The number of hydrogen-bond acceptors (Lipinski definition) is 5. The number of nitrogens with one attached hydrogen (secondary N) is 1. The fourth-order valence-electron chi connectivity index (χ4n) is 2.35. The van der Waals surface area contributed by atoms with Gasteiger partial charge in [0.2, 0.25) is 0 Å². The Morgan fingerprint density at radius 3 is 3.15 bits per heavy atom. The summed E-state index contributed by atoms with van der Waals surface area (Å²) in [5.41, 5.74) is 1.01. The summed E-state index contributed by atoms with van der Waals surface area (Å²) in [5.74, 6) is 1.30. The zero-order chi connectivity index (χ0) is 13.6. The van der Waals surface area contributed by atoms with Crippen molar-refractivity contribution < 1.29 is 4.52 Å². The highest BCUT2D eigenvalue weighted by Crippen LogP contribution is 2.20. The van der Waals surface area contributed by atoms with Gasteiger partial charge in [-0.1, -0.05) is 24.1 Å². The Balaban J connectivity index is 1.68. The molecule has 5 heteroatoms. The third kappa shape index (κ3) is 3.30. The molecule has 1 aliphatic heterocycles. The maximum absolute atomic E-state index is 5.27. The molecule has 5 nitrogen and oxygen atoms in total. The molecule has 1 saturated heterocycles. The summed E-state index contributed by atoms with van der Waals surface area (Å²) in [6.45, 7) is 1.03. The van der Waals surface area contributed by atoms with Crippen LogP contribution in [-0.2, 0) is 0 Å². The maximum atomic E-state index is 5.27. The molecule has 0 aromatic carbocycles. The van der Waals surface area contributed by atoms with Crippen LogP contribution in [0.4, 0.5) is 0 Å². The molecule has 0 bridgehead atoms. The average Bonchev–Trinajstić information content (AvgIpc) is 2.80. The van der Waals surface area contributed by atoms with Crippen LogP contribution in [0.3, 0.4) is 0 Å². The Morgan fingerprint density at radius 2 is 2.25 bits per heavy atom. The van der Waals surface area contributed by atoms with Crippen molar-refractivity contribution in [1.82, 2.24) is 20.4 Å². The highest BCUT2D eigenvalue weighted by atomic mass is 16.5. The van der Waals surface area contributed by atoms with E-state index in [4.69, 9.17) is 4.52 Å². The van der Waals surface area contributed by atoms with Crippen molar-refractivity contribution in [3.05, 3.63) is 41.8 Å². The van der Waals surface area contributed by atoms with Crippen LogP contribution in [0, 0.1) is 0 Å². The molecule has 1 aliphatic rings. The predicted molar refractivity (Wildman–Crippen MR) is 76.7 cm³/mol. The molecule has 3 heterocycles. The van der Waals surface area contributed by atoms with Gasteiger partial charge < -0.3 is 9.84 Å². The number of rotatable bonds is 3. The Labute approximate surface area is 118 Å². The highest BCUT2D eigenvalue weighted by Gasteiger charge is 2.18. The fraction of sp³-hybridized carbons (Fsp3) is 0.400. The van der Waals surface area contributed by atoms with Gasteiger partial charge in [0.25, 0.3) is 5.89 Å². The van der Waals surface area contributed by atoms with Crippen LogP contribution in [0.25, 0.3) is 12.2 Å². The summed E-state index contributed by atoms with van der Waals surface area (Å²) in [5, 5.41) is 7.54. The van der Waals surface area contributed by atoms with E-state index in [1.54, 1.807) is 12.4 Å². The zero-order valence-corrected chi connectivity index (χ0v) is 11.3. The first-order valence-corrected chi connectivity index (χ1v) is 7.07. The Kier molecular flexibility index (Phi) is 4.18. The van der Waals surface area contributed by atoms with Gasteiger partial charge in [-0.05, 0) is 37.1 Å². The fourth-order valence-corrected chi connectivity index (χ4v) is 2.35. The van der Waals surface area contributed by atoms with Gasteiger partial charge in [-0.15, -0.1) is 0 Å². The molecule has 0 aliphatic carbocycles. The second kappa shape index (κ2) is 6.43. The lowest BCUT2D eigenvalue weighted by molar-refractivity contribution is 0.388. The summed E-state index contributed by atoms with van der Waals surface area (Å²) in [6, 6.07) is 4.10. The molecule has 1 N–H and O–H groups in total. The minimum absolute atomic E-state index is 0.224. The predicted octanol–water partition coefficient (Wildman–Crippen LogP) is 2.84. The van der Waals surface area contributed by atoms with Gasteiger partial charge in [-0.25, -0.2) is 0 Å². The third-order valence-corrected chi connectivity index (χ3v) is 3.43. The number of hydrogen-bond donors (Lipinski definition) is 1. The van der Waals surface area contributed by atoms with Crippen LogP contribution in [0.5, 0.6) is 0 Å². The van der Waals surface area contributed by atoms with E-state index in [2.05, 4.69) is 20.4 Å². The van der Waals surface area contributed by atoms with E-state index < -0.39 is 0 Å². The second-order valence-electron chi connectivity index (χ2n) is 4.97. The van der Waals surface area contributed by atoms with Gasteiger partial charge >= 0.3 is 0 Å². The zero-order valence-electron chi connectivity index (χ0n) is 11.3. The average molecular weight is 270 g/mol. The van der Waals surface area contributed by atoms with Crippen LogP contribution in [0.15, 0.2) is 29.0 Å². The molecule has 1 fully saturated rings. The van der Waals surface area contributed by atoms with Gasteiger partial charge in [0.15, 0.2) is 5.82 Å². The SMILES string of the molecule is C(=C\c1nc(C2CCCCCN2)no1)/c1cccnc1. The molecule has 104 valence electrons. The molecule has 2 aromatic heterocycles. The lowest BCUT2D eigenvalue weighted by Gasteiger charge is -2.09. The highest BCUT2D eigenvalue weighted by molar-refractivity contribution is 5.65. The van der Waals surface area contributed by atoms with Crippen molar-refractivity contribution >= 4 is 12.2 Å². The molecule has 20 heavy (non-hydrogen) atoms. The molecule has 1 unspecified atom stereocenters. The first-order chi connectivity index (χ1) is 9.92. The van der Waals surface area contributed by atoms with E-state index in [-0.39, 0.29) is 6.04 Å². The summed E-state index contributed by atoms with van der Waals surface area (Å²) >= 11 is 0. The first-order valence-electron chi connectivity index (χ1n) is 7.07. The molecule has 0 radical (unpaired) electrons. The van der Waals surface area contributed by atoms with Crippen LogP contribution in [0.2, 0.25) is 0 Å². The molecule has 3 rings (SSSR count). The van der Waals surface area contributed by atoms with Crippen molar-refractivity contribution in [3.63, 3.8) is 0 Å². The second-order valence-corrected chi connectivity index (χ2v) is 4.97. The summed E-state index contributed by atoms with van der Waals surface area (Å²) in [7, 11) is 0. The van der Waals surface area contributed by atoms with E-state index in [9.17, 15) is 0 Å². The van der Waals surface area contributed by atoms with Gasteiger partial charge in [0.1, 0.15) is 0 Å². The Morgan fingerprint density at radius 1 is 1.25 bits per heavy atom.